The zero-order chi connectivity index (χ0) is 23.7. The second kappa shape index (κ2) is 9.51. The van der Waals surface area contributed by atoms with E-state index in [9.17, 15) is 18.0 Å². The third-order valence-electron chi connectivity index (χ3n) is 6.00. The van der Waals surface area contributed by atoms with E-state index < -0.39 is 27.3 Å². The van der Waals surface area contributed by atoms with Crippen LogP contribution in [0.1, 0.15) is 47.0 Å². The van der Waals surface area contributed by atoms with Gasteiger partial charge in [0.1, 0.15) is 4.88 Å². The summed E-state index contributed by atoms with van der Waals surface area (Å²) in [6, 6.07) is 10.3. The van der Waals surface area contributed by atoms with Crippen LogP contribution in [0.3, 0.4) is 0 Å². The first kappa shape index (κ1) is 24.7. The van der Waals surface area contributed by atoms with Crippen molar-refractivity contribution >= 4 is 44.7 Å². The molecule has 1 aliphatic carbocycles. The molecular formula is C22H27ClN2O5S2. The summed E-state index contributed by atoms with van der Waals surface area (Å²) in [6.45, 7) is 0. The Bertz CT molecular complexity index is 1090. The number of hydrogen-bond donors (Lipinski definition) is 1. The lowest BCUT2D eigenvalue weighted by Gasteiger charge is -2.41. The van der Waals surface area contributed by atoms with Crippen molar-refractivity contribution in [2.45, 2.75) is 42.2 Å². The highest BCUT2D eigenvalue weighted by Crippen LogP contribution is 2.43. The first-order valence-electron chi connectivity index (χ1n) is 10.2. The summed E-state index contributed by atoms with van der Waals surface area (Å²) in [4.78, 5) is 27.2. The molecule has 1 amide bonds. The van der Waals surface area contributed by atoms with Gasteiger partial charge in [0, 0.05) is 17.7 Å². The maximum atomic E-state index is 12.8. The number of rotatable bonds is 7. The summed E-state index contributed by atoms with van der Waals surface area (Å²) in [5, 5.41) is 1.11. The van der Waals surface area contributed by atoms with Crippen molar-refractivity contribution in [3.63, 3.8) is 0 Å². The molecule has 1 aromatic carbocycles. The number of ether oxygens (including phenoxy) is 1. The normalized spacial score (nSPS) is 22.5. The van der Waals surface area contributed by atoms with Crippen LogP contribution in [-0.2, 0) is 19.4 Å². The Balaban J connectivity index is 1.79. The van der Waals surface area contributed by atoms with Crippen LogP contribution in [0.2, 0.25) is 5.02 Å². The van der Waals surface area contributed by atoms with Gasteiger partial charge in [-0.2, -0.15) is 0 Å². The molecule has 1 fully saturated rings. The average molecular weight is 499 g/mol. The number of nitrogens with two attached hydrogens (primary N) is 1. The Kier molecular flexibility index (Phi) is 7.34. The number of thiophene rings is 1. The van der Waals surface area contributed by atoms with Crippen molar-refractivity contribution in [2.75, 3.05) is 20.4 Å². The number of esters is 1. The van der Waals surface area contributed by atoms with E-state index in [0.29, 0.717) is 12.8 Å². The number of carbonyl (C=O) groups excluding carboxylic acids is 2. The molecule has 1 aliphatic rings. The van der Waals surface area contributed by atoms with Crippen LogP contribution in [0, 0.1) is 5.92 Å². The van der Waals surface area contributed by atoms with Crippen LogP contribution in [0.15, 0.2) is 40.6 Å². The molecule has 10 heteroatoms. The molecule has 1 unspecified atom stereocenters. The molecule has 0 spiro atoms. The van der Waals surface area contributed by atoms with E-state index in [2.05, 4.69) is 17.0 Å². The number of amides is 1. The van der Waals surface area contributed by atoms with Crippen molar-refractivity contribution in [1.29, 1.82) is 0 Å². The van der Waals surface area contributed by atoms with Gasteiger partial charge in [-0.3, -0.25) is 4.79 Å². The molecule has 0 radical (unpaired) electrons. The Morgan fingerprint density at radius 1 is 1.22 bits per heavy atom. The highest BCUT2D eigenvalue weighted by molar-refractivity contribution is 7.91. The third-order valence-corrected chi connectivity index (χ3v) is 8.85. The van der Waals surface area contributed by atoms with Gasteiger partial charge in [-0.1, -0.05) is 41.9 Å². The first-order valence-corrected chi connectivity index (χ1v) is 13.3. The topological polar surface area (TPSA) is 107 Å². The summed E-state index contributed by atoms with van der Waals surface area (Å²) in [7, 11) is 0.451. The monoisotopic (exact) mass is 498 g/mol. The lowest BCUT2D eigenvalue weighted by Crippen LogP contribution is -2.51. The molecule has 1 heterocycles. The van der Waals surface area contributed by atoms with E-state index in [1.165, 1.54) is 10.9 Å². The first-order chi connectivity index (χ1) is 15.0. The summed E-state index contributed by atoms with van der Waals surface area (Å²) >= 11 is 6.99. The fraction of sp³-hybridized carbons (Fsp3) is 0.455. The number of nitrogens with zero attached hydrogens (tertiary/aromatic N) is 1. The van der Waals surface area contributed by atoms with Crippen molar-refractivity contribution in [1.82, 2.24) is 4.90 Å². The van der Waals surface area contributed by atoms with Crippen LogP contribution >= 0.6 is 22.9 Å². The van der Waals surface area contributed by atoms with Gasteiger partial charge in [-0.15, -0.1) is 11.3 Å². The maximum Gasteiger partial charge on any atom is 0.350 e. The SMILES string of the molecule is CN(C)C(c1ccccc1)C1CCC(OC(=O)c2scc(S(C)(=O)=O)c2Cl)(C(N)=O)CC1. The maximum absolute atomic E-state index is 12.8. The number of hydrogen-bond acceptors (Lipinski definition) is 7. The van der Waals surface area contributed by atoms with Crippen molar-refractivity contribution < 1.29 is 22.7 Å². The molecule has 1 atom stereocenters. The lowest BCUT2D eigenvalue weighted by molar-refractivity contribution is -0.142. The van der Waals surface area contributed by atoms with Crippen LogP contribution < -0.4 is 5.73 Å². The zero-order valence-corrected chi connectivity index (χ0v) is 20.6. The van der Waals surface area contributed by atoms with Gasteiger partial charge >= 0.3 is 5.97 Å². The fourth-order valence-corrected chi connectivity index (χ4v) is 7.18. The molecule has 3 rings (SSSR count). The standard InChI is InChI=1S/C22H27ClN2O5S2/c1-25(2)18(14-7-5-4-6-8-14)15-9-11-22(12-10-15,21(24)27)30-20(26)19-17(23)16(13-31-19)32(3,28)29/h4-8,13,15,18H,9-12H2,1-3H3,(H2,24,27). The molecule has 1 saturated carbocycles. The predicted molar refractivity (Wildman–Crippen MR) is 125 cm³/mol. The van der Waals surface area contributed by atoms with Gasteiger partial charge in [0.2, 0.25) is 0 Å². The number of sulfone groups is 1. The molecule has 7 nitrogen and oxygen atoms in total. The van der Waals surface area contributed by atoms with E-state index in [1.807, 2.05) is 32.3 Å². The molecule has 174 valence electrons. The lowest BCUT2D eigenvalue weighted by atomic mass is 9.73. The molecule has 0 bridgehead atoms. The quantitative estimate of drug-likeness (QED) is 0.583. The molecule has 2 N–H and O–H groups in total. The average Bonchev–Trinajstić information content (AvgIpc) is 3.12. The van der Waals surface area contributed by atoms with Crippen LogP contribution in [0.5, 0.6) is 0 Å². The number of carbonyl (C=O) groups is 2. The van der Waals surface area contributed by atoms with Crippen molar-refractivity contribution in [3.05, 3.63) is 51.2 Å². The molecule has 0 aliphatic heterocycles. The smallest absolute Gasteiger partial charge is 0.350 e. The second-order valence-corrected chi connectivity index (χ2v) is 11.7. The summed E-state index contributed by atoms with van der Waals surface area (Å²) in [5.74, 6) is -1.29. The Hall–Kier alpha value is -1.94. The van der Waals surface area contributed by atoms with Gasteiger partial charge < -0.3 is 15.4 Å². The number of primary amides is 1. The van der Waals surface area contributed by atoms with Gasteiger partial charge in [0.25, 0.3) is 5.91 Å². The minimum absolute atomic E-state index is 0.0507. The zero-order valence-electron chi connectivity index (χ0n) is 18.2. The van der Waals surface area contributed by atoms with Crippen LogP contribution in [0.4, 0.5) is 0 Å². The van der Waals surface area contributed by atoms with Gasteiger partial charge in [-0.25, -0.2) is 13.2 Å². The van der Waals surface area contributed by atoms with Crippen molar-refractivity contribution in [2.24, 2.45) is 11.7 Å². The fourth-order valence-electron chi connectivity index (χ4n) is 4.40. The number of benzene rings is 1. The molecule has 2 aromatic rings. The van der Waals surface area contributed by atoms with Gasteiger partial charge in [-0.05, 0) is 51.3 Å². The summed E-state index contributed by atoms with van der Waals surface area (Å²) in [6.07, 6.45) is 2.87. The molecule has 1 aromatic heterocycles. The van der Waals surface area contributed by atoms with Crippen molar-refractivity contribution in [3.8, 4) is 0 Å². The largest absolute Gasteiger partial charge is 0.445 e. The van der Waals surface area contributed by atoms with E-state index >= 15 is 0 Å². The second-order valence-electron chi connectivity index (χ2n) is 8.42. The highest BCUT2D eigenvalue weighted by atomic mass is 35.5. The molecule has 32 heavy (non-hydrogen) atoms. The number of halogens is 1. The van der Waals surface area contributed by atoms with Gasteiger partial charge in [0.15, 0.2) is 15.4 Å². The Morgan fingerprint density at radius 2 is 1.81 bits per heavy atom. The van der Waals surface area contributed by atoms with Crippen LogP contribution in [0.25, 0.3) is 0 Å². The van der Waals surface area contributed by atoms with E-state index in [1.54, 1.807) is 0 Å². The van der Waals surface area contributed by atoms with E-state index in [0.717, 1.165) is 17.6 Å². The third kappa shape index (κ3) is 5.01. The molecular weight excluding hydrogens is 472 g/mol. The van der Waals surface area contributed by atoms with Gasteiger partial charge in [0.05, 0.1) is 9.92 Å². The van der Waals surface area contributed by atoms with E-state index in [-0.39, 0.29) is 39.6 Å². The summed E-state index contributed by atoms with van der Waals surface area (Å²) in [5.41, 5.74) is 5.42. The molecule has 0 saturated heterocycles. The minimum Gasteiger partial charge on any atom is -0.445 e. The summed E-state index contributed by atoms with van der Waals surface area (Å²) < 4.78 is 29.3. The van der Waals surface area contributed by atoms with Crippen LogP contribution in [-0.4, -0.2) is 51.1 Å². The minimum atomic E-state index is -3.59. The Morgan fingerprint density at radius 3 is 2.28 bits per heavy atom. The Labute approximate surface area is 197 Å². The predicted octanol–water partition coefficient (Wildman–Crippen LogP) is 3.68. The van der Waals surface area contributed by atoms with E-state index in [4.69, 9.17) is 22.1 Å². The highest BCUT2D eigenvalue weighted by Gasteiger charge is 2.46.